The van der Waals surface area contributed by atoms with Gasteiger partial charge in [-0.25, -0.2) is 0 Å². The fraction of sp³-hybridized carbons (Fsp3) is 0.188. The molecule has 2 aromatic carbocycles. The van der Waals surface area contributed by atoms with E-state index in [1.54, 1.807) is 0 Å². The van der Waals surface area contributed by atoms with Crippen LogP contribution in [0.15, 0.2) is 48.5 Å². The van der Waals surface area contributed by atoms with Crippen LogP contribution in [-0.4, -0.2) is 19.6 Å². The Morgan fingerprint density at radius 3 is 2.57 bits per heavy atom. The summed E-state index contributed by atoms with van der Waals surface area (Å²) in [7, 11) is 1.49. The second-order valence-corrected chi connectivity index (χ2v) is 4.98. The predicted octanol–water partition coefficient (Wildman–Crippen LogP) is 3.54. The first-order valence-corrected chi connectivity index (χ1v) is 6.92. The number of carbonyl (C=O) groups is 1. The average Bonchev–Trinajstić information content (AvgIpc) is 2.47. The minimum atomic E-state index is -0.174. The van der Waals surface area contributed by atoms with Gasteiger partial charge in [0.15, 0.2) is 0 Å². The minimum Gasteiger partial charge on any atom is -0.381 e. The van der Waals surface area contributed by atoms with Crippen LogP contribution < -0.4 is 10.6 Å². The molecule has 110 valence electrons. The Morgan fingerprint density at radius 2 is 1.86 bits per heavy atom. The predicted molar refractivity (Wildman–Crippen MR) is 85.7 cm³/mol. The van der Waals surface area contributed by atoms with Gasteiger partial charge in [0.25, 0.3) is 0 Å². The van der Waals surface area contributed by atoms with Crippen molar-refractivity contribution in [3.05, 3.63) is 59.1 Å². The van der Waals surface area contributed by atoms with E-state index in [4.69, 9.17) is 16.3 Å². The third kappa shape index (κ3) is 5.10. The summed E-state index contributed by atoms with van der Waals surface area (Å²) in [5, 5.41) is 6.79. The van der Waals surface area contributed by atoms with Gasteiger partial charge in [0.05, 0.1) is 0 Å². The first-order chi connectivity index (χ1) is 10.2. The molecule has 0 aliphatic carbocycles. The van der Waals surface area contributed by atoms with E-state index in [9.17, 15) is 4.79 Å². The number of methoxy groups -OCH3 is 1. The maximum Gasteiger partial charge on any atom is 0.250 e. The maximum absolute atomic E-state index is 11.5. The zero-order chi connectivity index (χ0) is 15.1. The molecule has 2 N–H and O–H groups in total. The zero-order valence-corrected chi connectivity index (χ0v) is 12.5. The van der Waals surface area contributed by atoms with Crippen LogP contribution in [0.1, 0.15) is 5.56 Å². The van der Waals surface area contributed by atoms with Crippen LogP contribution in [-0.2, 0) is 16.1 Å². The first kappa shape index (κ1) is 15.4. The number of amides is 1. The van der Waals surface area contributed by atoms with Gasteiger partial charge in [-0.2, -0.15) is 0 Å². The molecule has 0 bridgehead atoms. The van der Waals surface area contributed by atoms with Crippen LogP contribution in [0.5, 0.6) is 0 Å². The number of hydrogen-bond donors (Lipinski definition) is 2. The number of carbonyl (C=O) groups excluding carboxylic acids is 1. The number of nitrogens with one attached hydrogen (secondary N) is 2. The average molecular weight is 305 g/mol. The molecule has 0 unspecified atom stereocenters. The molecule has 0 saturated heterocycles. The van der Waals surface area contributed by atoms with E-state index in [1.165, 1.54) is 7.11 Å². The van der Waals surface area contributed by atoms with Crippen molar-refractivity contribution in [1.82, 2.24) is 0 Å². The molecule has 0 radical (unpaired) electrons. The summed E-state index contributed by atoms with van der Waals surface area (Å²) in [5.41, 5.74) is 2.80. The van der Waals surface area contributed by atoms with Gasteiger partial charge in [-0.15, -0.1) is 0 Å². The number of rotatable bonds is 6. The molecule has 0 saturated carbocycles. The highest BCUT2D eigenvalue weighted by Gasteiger charge is 2.02. The minimum absolute atomic E-state index is 0.0441. The van der Waals surface area contributed by atoms with Crippen LogP contribution in [0.3, 0.4) is 0 Å². The molecule has 0 aromatic heterocycles. The van der Waals surface area contributed by atoms with Gasteiger partial charge in [0, 0.05) is 30.1 Å². The number of anilines is 2. The number of benzene rings is 2. The van der Waals surface area contributed by atoms with Crippen molar-refractivity contribution in [1.29, 1.82) is 0 Å². The molecule has 2 aromatic rings. The number of ether oxygens (including phenoxy) is 1. The highest BCUT2D eigenvalue weighted by Crippen LogP contribution is 2.17. The Kier molecular flexibility index (Phi) is 5.60. The number of hydrogen-bond acceptors (Lipinski definition) is 3. The third-order valence-corrected chi connectivity index (χ3v) is 3.08. The van der Waals surface area contributed by atoms with Crippen molar-refractivity contribution in [2.24, 2.45) is 0 Å². The number of halogens is 1. The van der Waals surface area contributed by atoms with E-state index >= 15 is 0 Å². The van der Waals surface area contributed by atoms with Crippen molar-refractivity contribution < 1.29 is 9.53 Å². The molecule has 2 rings (SSSR count). The normalized spacial score (nSPS) is 10.2. The fourth-order valence-electron chi connectivity index (χ4n) is 1.84. The quantitative estimate of drug-likeness (QED) is 0.858. The van der Waals surface area contributed by atoms with Gasteiger partial charge in [-0.05, 0) is 35.9 Å². The lowest BCUT2D eigenvalue weighted by atomic mass is 10.2. The fourth-order valence-corrected chi connectivity index (χ4v) is 1.97. The van der Waals surface area contributed by atoms with Crippen LogP contribution in [0.25, 0.3) is 0 Å². The maximum atomic E-state index is 11.5. The monoisotopic (exact) mass is 304 g/mol. The molecule has 0 spiro atoms. The van der Waals surface area contributed by atoms with E-state index in [2.05, 4.69) is 10.6 Å². The summed E-state index contributed by atoms with van der Waals surface area (Å²) in [6, 6.07) is 15.2. The topological polar surface area (TPSA) is 50.4 Å². The van der Waals surface area contributed by atoms with Gasteiger partial charge < -0.3 is 15.4 Å². The summed E-state index contributed by atoms with van der Waals surface area (Å²) in [4.78, 5) is 11.5. The Labute approximate surface area is 129 Å². The van der Waals surface area contributed by atoms with Crippen LogP contribution >= 0.6 is 11.6 Å². The van der Waals surface area contributed by atoms with Gasteiger partial charge in [0.1, 0.15) is 6.61 Å². The molecule has 5 heteroatoms. The molecule has 0 aliphatic heterocycles. The van der Waals surface area contributed by atoms with Crippen LogP contribution in [0.4, 0.5) is 11.4 Å². The van der Waals surface area contributed by atoms with Crippen molar-refractivity contribution in [2.45, 2.75) is 6.54 Å². The Morgan fingerprint density at radius 1 is 1.14 bits per heavy atom. The Bertz CT molecular complexity index is 599. The molecule has 0 atom stereocenters. The van der Waals surface area contributed by atoms with E-state index < -0.39 is 0 Å². The molecule has 0 aliphatic rings. The van der Waals surface area contributed by atoms with Gasteiger partial charge in [-0.1, -0.05) is 29.8 Å². The standard InChI is InChI=1S/C16H17ClN2O2/c1-21-11-16(20)19-15-4-2-3-14(9-15)18-10-12-5-7-13(17)8-6-12/h2-9,18H,10-11H2,1H3,(H,19,20). The van der Waals surface area contributed by atoms with Crippen molar-refractivity contribution in [3.8, 4) is 0 Å². The Balaban J connectivity index is 1.94. The zero-order valence-electron chi connectivity index (χ0n) is 11.7. The van der Waals surface area contributed by atoms with Crippen molar-refractivity contribution in [2.75, 3.05) is 24.4 Å². The second kappa shape index (κ2) is 7.67. The van der Waals surface area contributed by atoms with E-state index in [0.717, 1.165) is 22.0 Å². The van der Waals surface area contributed by atoms with Crippen LogP contribution in [0, 0.1) is 0 Å². The smallest absolute Gasteiger partial charge is 0.250 e. The highest BCUT2D eigenvalue weighted by atomic mass is 35.5. The lowest BCUT2D eigenvalue weighted by Crippen LogP contribution is -2.17. The summed E-state index contributed by atoms with van der Waals surface area (Å²) >= 11 is 5.85. The van der Waals surface area contributed by atoms with Crippen molar-refractivity contribution in [3.63, 3.8) is 0 Å². The van der Waals surface area contributed by atoms with E-state index in [-0.39, 0.29) is 12.5 Å². The molecule has 1 amide bonds. The molecule has 21 heavy (non-hydrogen) atoms. The van der Waals surface area contributed by atoms with E-state index in [1.807, 2.05) is 48.5 Å². The van der Waals surface area contributed by atoms with Gasteiger partial charge >= 0.3 is 0 Å². The summed E-state index contributed by atoms with van der Waals surface area (Å²) < 4.78 is 4.78. The molecular formula is C16H17ClN2O2. The molecule has 0 fully saturated rings. The Hall–Kier alpha value is -2.04. The SMILES string of the molecule is COCC(=O)Nc1cccc(NCc2ccc(Cl)cc2)c1. The largest absolute Gasteiger partial charge is 0.381 e. The molecular weight excluding hydrogens is 288 g/mol. The van der Waals surface area contributed by atoms with Gasteiger partial charge in [-0.3, -0.25) is 4.79 Å². The van der Waals surface area contributed by atoms with E-state index in [0.29, 0.717) is 6.54 Å². The lowest BCUT2D eigenvalue weighted by molar-refractivity contribution is -0.119. The summed E-state index contributed by atoms with van der Waals surface area (Å²) in [6.45, 7) is 0.731. The second-order valence-electron chi connectivity index (χ2n) is 4.54. The van der Waals surface area contributed by atoms with Gasteiger partial charge in [0.2, 0.25) is 5.91 Å². The summed E-state index contributed by atoms with van der Waals surface area (Å²) in [5.74, 6) is -0.174. The third-order valence-electron chi connectivity index (χ3n) is 2.83. The van der Waals surface area contributed by atoms with Crippen molar-refractivity contribution >= 4 is 28.9 Å². The summed E-state index contributed by atoms with van der Waals surface area (Å²) in [6.07, 6.45) is 0. The van der Waals surface area contributed by atoms with Crippen LogP contribution in [0.2, 0.25) is 5.02 Å². The highest BCUT2D eigenvalue weighted by molar-refractivity contribution is 6.30. The lowest BCUT2D eigenvalue weighted by Gasteiger charge is -2.09. The molecule has 0 heterocycles. The molecule has 4 nitrogen and oxygen atoms in total. The first-order valence-electron chi connectivity index (χ1n) is 6.54.